The van der Waals surface area contributed by atoms with Crippen molar-refractivity contribution in [3.05, 3.63) is 33.8 Å². The largest absolute Gasteiger partial charge is 0.386 e. The fraction of sp³-hybridized carbons (Fsp3) is 0.417. The average Bonchev–Trinajstić information content (AvgIpc) is 2.11. The number of halogens is 1. The van der Waals surface area contributed by atoms with Crippen LogP contribution in [0.4, 0.5) is 0 Å². The standard InChI is InChI=1S/C12H14BrNO2/c1-8-3-9(5-10(13)4-8)11(15)14-6-12(2,16)7-14/h3-5,16H,6-7H2,1-2H3. The normalized spacial score (nSPS) is 18.1. The number of hydrogen-bond acceptors (Lipinski definition) is 2. The first kappa shape index (κ1) is 11.6. The Morgan fingerprint density at radius 3 is 2.56 bits per heavy atom. The Balaban J connectivity index is 2.16. The summed E-state index contributed by atoms with van der Waals surface area (Å²) < 4.78 is 0.906. The van der Waals surface area contributed by atoms with Gasteiger partial charge in [0.05, 0.1) is 18.7 Å². The van der Waals surface area contributed by atoms with Gasteiger partial charge in [-0.1, -0.05) is 15.9 Å². The van der Waals surface area contributed by atoms with Gasteiger partial charge in [0.1, 0.15) is 0 Å². The van der Waals surface area contributed by atoms with E-state index in [9.17, 15) is 9.90 Å². The van der Waals surface area contributed by atoms with Crippen LogP contribution < -0.4 is 0 Å². The second-order valence-electron chi connectivity index (χ2n) is 4.68. The summed E-state index contributed by atoms with van der Waals surface area (Å²) in [6.45, 7) is 4.52. The molecule has 1 aliphatic rings. The van der Waals surface area contributed by atoms with Crippen LogP contribution in [0.25, 0.3) is 0 Å². The second kappa shape index (κ2) is 3.86. The molecule has 0 aliphatic carbocycles. The van der Waals surface area contributed by atoms with Crippen LogP contribution in [-0.2, 0) is 0 Å². The van der Waals surface area contributed by atoms with Gasteiger partial charge in [-0.25, -0.2) is 0 Å². The van der Waals surface area contributed by atoms with Crippen LogP contribution in [0, 0.1) is 6.92 Å². The van der Waals surface area contributed by atoms with Crippen molar-refractivity contribution >= 4 is 21.8 Å². The van der Waals surface area contributed by atoms with E-state index in [1.54, 1.807) is 11.8 Å². The highest BCUT2D eigenvalue weighted by molar-refractivity contribution is 9.10. The van der Waals surface area contributed by atoms with Crippen LogP contribution in [-0.4, -0.2) is 34.6 Å². The average molecular weight is 284 g/mol. The molecule has 0 unspecified atom stereocenters. The van der Waals surface area contributed by atoms with E-state index >= 15 is 0 Å². The van der Waals surface area contributed by atoms with E-state index in [1.165, 1.54) is 0 Å². The third kappa shape index (κ3) is 2.28. The minimum absolute atomic E-state index is 0.0177. The van der Waals surface area contributed by atoms with Crippen LogP contribution >= 0.6 is 15.9 Å². The molecule has 1 saturated heterocycles. The van der Waals surface area contributed by atoms with Gasteiger partial charge in [0.25, 0.3) is 5.91 Å². The van der Waals surface area contributed by atoms with Crippen molar-refractivity contribution < 1.29 is 9.90 Å². The van der Waals surface area contributed by atoms with E-state index in [1.807, 2.05) is 25.1 Å². The molecule has 1 N–H and O–H groups in total. The van der Waals surface area contributed by atoms with Crippen LogP contribution in [0.15, 0.2) is 22.7 Å². The van der Waals surface area contributed by atoms with Crippen LogP contribution in [0.3, 0.4) is 0 Å². The summed E-state index contributed by atoms with van der Waals surface area (Å²) in [5, 5.41) is 9.59. The fourth-order valence-corrected chi connectivity index (χ4v) is 2.57. The smallest absolute Gasteiger partial charge is 0.254 e. The molecule has 2 rings (SSSR count). The maximum Gasteiger partial charge on any atom is 0.254 e. The molecule has 0 aromatic heterocycles. The number of aryl methyl sites for hydroxylation is 1. The predicted molar refractivity (Wildman–Crippen MR) is 65.4 cm³/mol. The van der Waals surface area contributed by atoms with E-state index < -0.39 is 5.60 Å². The molecule has 0 saturated carbocycles. The number of carbonyl (C=O) groups is 1. The van der Waals surface area contributed by atoms with Gasteiger partial charge in [-0.3, -0.25) is 4.79 Å². The Hall–Kier alpha value is -0.870. The highest BCUT2D eigenvalue weighted by atomic mass is 79.9. The lowest BCUT2D eigenvalue weighted by Gasteiger charge is -2.44. The lowest BCUT2D eigenvalue weighted by Crippen LogP contribution is -2.61. The van der Waals surface area contributed by atoms with Crippen molar-refractivity contribution in [2.45, 2.75) is 19.4 Å². The minimum Gasteiger partial charge on any atom is -0.386 e. The fourth-order valence-electron chi connectivity index (χ4n) is 1.96. The van der Waals surface area contributed by atoms with Crippen LogP contribution in [0.2, 0.25) is 0 Å². The molecule has 4 heteroatoms. The lowest BCUT2D eigenvalue weighted by atomic mass is 9.95. The lowest BCUT2D eigenvalue weighted by molar-refractivity contribution is -0.0668. The number of hydrogen-bond donors (Lipinski definition) is 1. The Labute approximate surface area is 103 Å². The van der Waals surface area contributed by atoms with Gasteiger partial charge in [0, 0.05) is 10.0 Å². The van der Waals surface area contributed by atoms with Crippen LogP contribution in [0.5, 0.6) is 0 Å². The highest BCUT2D eigenvalue weighted by Gasteiger charge is 2.39. The van der Waals surface area contributed by atoms with Gasteiger partial charge < -0.3 is 10.0 Å². The number of rotatable bonds is 1. The van der Waals surface area contributed by atoms with Gasteiger partial charge >= 0.3 is 0 Å². The molecule has 0 radical (unpaired) electrons. The number of nitrogens with zero attached hydrogens (tertiary/aromatic N) is 1. The van der Waals surface area contributed by atoms with Crippen molar-refractivity contribution in [1.29, 1.82) is 0 Å². The van der Waals surface area contributed by atoms with Gasteiger partial charge in [0.2, 0.25) is 0 Å². The summed E-state index contributed by atoms with van der Waals surface area (Å²) in [5.41, 5.74) is 1.00. The number of likely N-dealkylation sites (tertiary alicyclic amines) is 1. The quantitative estimate of drug-likeness (QED) is 0.856. The molecule has 3 nitrogen and oxygen atoms in total. The van der Waals surface area contributed by atoms with Crippen molar-refractivity contribution in [3.8, 4) is 0 Å². The monoisotopic (exact) mass is 283 g/mol. The van der Waals surface area contributed by atoms with Crippen molar-refractivity contribution in [1.82, 2.24) is 4.90 Å². The van der Waals surface area contributed by atoms with E-state index in [4.69, 9.17) is 0 Å². The molecule has 0 bridgehead atoms. The Kier molecular flexibility index (Phi) is 2.80. The summed E-state index contributed by atoms with van der Waals surface area (Å²) >= 11 is 3.37. The van der Waals surface area contributed by atoms with E-state index in [0.717, 1.165) is 10.0 Å². The van der Waals surface area contributed by atoms with Gasteiger partial charge in [-0.15, -0.1) is 0 Å². The number of amides is 1. The van der Waals surface area contributed by atoms with Gasteiger partial charge in [0.15, 0.2) is 0 Å². The Morgan fingerprint density at radius 2 is 2.06 bits per heavy atom. The molecule has 1 heterocycles. The van der Waals surface area contributed by atoms with Crippen molar-refractivity contribution in [2.75, 3.05) is 13.1 Å². The van der Waals surface area contributed by atoms with E-state index in [-0.39, 0.29) is 5.91 Å². The number of carbonyl (C=O) groups excluding carboxylic acids is 1. The highest BCUT2D eigenvalue weighted by Crippen LogP contribution is 2.24. The summed E-state index contributed by atoms with van der Waals surface area (Å²) in [6.07, 6.45) is 0. The maximum atomic E-state index is 12.0. The first-order valence-electron chi connectivity index (χ1n) is 5.16. The zero-order valence-electron chi connectivity index (χ0n) is 9.33. The van der Waals surface area contributed by atoms with E-state index in [2.05, 4.69) is 15.9 Å². The summed E-state index contributed by atoms with van der Waals surface area (Å²) in [5.74, 6) is -0.0177. The number of β-amino-alcohol motifs (C(OH)–C–C–N with tert-alkyl or cyclic N) is 1. The summed E-state index contributed by atoms with van der Waals surface area (Å²) in [7, 11) is 0. The van der Waals surface area contributed by atoms with Crippen molar-refractivity contribution in [2.24, 2.45) is 0 Å². The predicted octanol–water partition coefficient (Wildman–Crippen LogP) is 1.96. The molecule has 1 aromatic carbocycles. The third-order valence-electron chi connectivity index (χ3n) is 2.64. The third-order valence-corrected chi connectivity index (χ3v) is 3.10. The zero-order valence-corrected chi connectivity index (χ0v) is 10.9. The molecule has 16 heavy (non-hydrogen) atoms. The zero-order chi connectivity index (χ0) is 11.9. The number of aliphatic hydroxyl groups is 1. The molecule has 1 fully saturated rings. The SMILES string of the molecule is Cc1cc(Br)cc(C(=O)N2CC(C)(O)C2)c1. The molecule has 1 aromatic rings. The Bertz CT molecular complexity index is 414. The molecule has 1 aliphatic heterocycles. The second-order valence-corrected chi connectivity index (χ2v) is 5.59. The first-order chi connectivity index (χ1) is 7.37. The number of benzene rings is 1. The first-order valence-corrected chi connectivity index (χ1v) is 5.95. The molecule has 0 spiro atoms. The molecular formula is C12H14BrNO2. The van der Waals surface area contributed by atoms with Crippen LogP contribution in [0.1, 0.15) is 22.8 Å². The van der Waals surface area contributed by atoms with Gasteiger partial charge in [-0.2, -0.15) is 0 Å². The topological polar surface area (TPSA) is 40.5 Å². The maximum absolute atomic E-state index is 12.0. The van der Waals surface area contributed by atoms with Gasteiger partial charge in [-0.05, 0) is 37.6 Å². The molecule has 1 amide bonds. The molecular weight excluding hydrogens is 270 g/mol. The molecule has 0 atom stereocenters. The molecule has 86 valence electrons. The summed E-state index contributed by atoms with van der Waals surface area (Å²) in [4.78, 5) is 13.7. The summed E-state index contributed by atoms with van der Waals surface area (Å²) in [6, 6.07) is 5.63. The minimum atomic E-state index is -0.712. The Morgan fingerprint density at radius 1 is 1.44 bits per heavy atom. The van der Waals surface area contributed by atoms with Crippen molar-refractivity contribution in [3.63, 3.8) is 0 Å². The van der Waals surface area contributed by atoms with E-state index in [0.29, 0.717) is 18.7 Å².